The van der Waals surface area contributed by atoms with Crippen molar-refractivity contribution >= 4 is 15.7 Å². The standard InChI is InChI=1S/C17H21NO6S/c1-11-5-7-12(8-6-11)25(20,21)18-15-13(17(23-3)24-4)9-10-14(19)16(15)22-2/h5-10,17-19H,1-4H3. The van der Waals surface area contributed by atoms with E-state index in [1.807, 2.05) is 6.92 Å². The highest BCUT2D eigenvalue weighted by Gasteiger charge is 2.25. The Bertz CT molecular complexity index is 829. The molecule has 0 aliphatic rings. The van der Waals surface area contributed by atoms with Gasteiger partial charge in [0.1, 0.15) is 5.69 Å². The summed E-state index contributed by atoms with van der Waals surface area (Å²) in [5, 5.41) is 10.0. The molecule has 0 heterocycles. The third-order valence-corrected chi connectivity index (χ3v) is 4.99. The van der Waals surface area contributed by atoms with Crippen LogP contribution in [0.3, 0.4) is 0 Å². The van der Waals surface area contributed by atoms with Gasteiger partial charge in [0.2, 0.25) is 0 Å². The summed E-state index contributed by atoms with van der Waals surface area (Å²) < 4.78 is 43.5. The highest BCUT2D eigenvalue weighted by molar-refractivity contribution is 7.92. The fourth-order valence-corrected chi connectivity index (χ4v) is 3.45. The average Bonchev–Trinajstić information content (AvgIpc) is 2.58. The van der Waals surface area contributed by atoms with Crippen molar-refractivity contribution in [1.29, 1.82) is 0 Å². The van der Waals surface area contributed by atoms with Crippen molar-refractivity contribution in [2.75, 3.05) is 26.1 Å². The Labute approximate surface area is 147 Å². The summed E-state index contributed by atoms with van der Waals surface area (Å²) in [4.78, 5) is 0.0841. The minimum Gasteiger partial charge on any atom is -0.504 e. The van der Waals surface area contributed by atoms with Gasteiger partial charge in [0.05, 0.1) is 12.0 Å². The topological polar surface area (TPSA) is 94.1 Å². The number of anilines is 1. The molecule has 0 radical (unpaired) electrons. The van der Waals surface area contributed by atoms with Crippen LogP contribution in [-0.2, 0) is 19.5 Å². The molecule has 0 spiro atoms. The van der Waals surface area contributed by atoms with Gasteiger partial charge in [-0.1, -0.05) is 17.7 Å². The molecule has 0 saturated heterocycles. The average molecular weight is 367 g/mol. The molecule has 8 heteroatoms. The van der Waals surface area contributed by atoms with E-state index < -0.39 is 16.3 Å². The van der Waals surface area contributed by atoms with Crippen LogP contribution in [-0.4, -0.2) is 34.9 Å². The fraction of sp³-hybridized carbons (Fsp3) is 0.294. The zero-order valence-corrected chi connectivity index (χ0v) is 15.3. The second kappa shape index (κ2) is 7.73. The minimum atomic E-state index is -3.90. The third kappa shape index (κ3) is 4.04. The number of aryl methyl sites for hydroxylation is 1. The second-order valence-corrected chi connectivity index (χ2v) is 6.99. The van der Waals surface area contributed by atoms with Gasteiger partial charge >= 0.3 is 0 Å². The summed E-state index contributed by atoms with van der Waals surface area (Å²) in [5.74, 6) is -0.230. The lowest BCUT2D eigenvalue weighted by Gasteiger charge is -2.21. The van der Waals surface area contributed by atoms with Crippen molar-refractivity contribution in [3.63, 3.8) is 0 Å². The van der Waals surface area contributed by atoms with Gasteiger partial charge in [-0.2, -0.15) is 0 Å². The van der Waals surface area contributed by atoms with E-state index in [2.05, 4.69) is 4.72 Å². The normalized spacial score (nSPS) is 11.6. The SMILES string of the molecule is COc1c(O)ccc(C(OC)OC)c1NS(=O)(=O)c1ccc(C)cc1. The molecule has 0 aromatic heterocycles. The Morgan fingerprint density at radius 1 is 1.00 bits per heavy atom. The van der Waals surface area contributed by atoms with Gasteiger partial charge in [-0.15, -0.1) is 0 Å². The van der Waals surface area contributed by atoms with Gasteiger partial charge in [-0.05, 0) is 31.2 Å². The molecule has 7 nitrogen and oxygen atoms in total. The molecule has 2 aromatic rings. The lowest BCUT2D eigenvalue weighted by atomic mass is 10.1. The van der Waals surface area contributed by atoms with Crippen LogP contribution in [0.5, 0.6) is 11.5 Å². The van der Waals surface area contributed by atoms with Crippen molar-refractivity contribution < 1.29 is 27.7 Å². The van der Waals surface area contributed by atoms with Gasteiger partial charge in [0, 0.05) is 19.8 Å². The number of nitrogens with one attached hydrogen (secondary N) is 1. The molecule has 2 aromatic carbocycles. The number of phenols is 1. The summed E-state index contributed by atoms with van der Waals surface area (Å²) in [6.45, 7) is 1.86. The maximum absolute atomic E-state index is 12.7. The van der Waals surface area contributed by atoms with Crippen LogP contribution in [0.2, 0.25) is 0 Å². The molecule has 0 saturated carbocycles. The van der Waals surface area contributed by atoms with E-state index >= 15 is 0 Å². The van der Waals surface area contributed by atoms with E-state index in [0.29, 0.717) is 5.56 Å². The van der Waals surface area contributed by atoms with Crippen molar-refractivity contribution in [1.82, 2.24) is 0 Å². The molecule has 0 fully saturated rings. The molecule has 25 heavy (non-hydrogen) atoms. The molecule has 136 valence electrons. The third-order valence-electron chi connectivity index (χ3n) is 3.62. The molecule has 0 unspecified atom stereocenters. The molecular weight excluding hydrogens is 346 g/mol. The molecule has 0 atom stereocenters. The number of benzene rings is 2. The molecule has 0 bridgehead atoms. The fourth-order valence-electron chi connectivity index (χ4n) is 2.36. The first-order valence-electron chi connectivity index (χ1n) is 7.39. The maximum atomic E-state index is 12.7. The highest BCUT2D eigenvalue weighted by Crippen LogP contribution is 2.41. The smallest absolute Gasteiger partial charge is 0.262 e. The summed E-state index contributed by atoms with van der Waals surface area (Å²) in [6, 6.07) is 9.27. The van der Waals surface area contributed by atoms with Gasteiger partial charge < -0.3 is 19.3 Å². The Hall–Kier alpha value is -2.29. The van der Waals surface area contributed by atoms with Crippen molar-refractivity contribution in [3.05, 3.63) is 47.5 Å². The zero-order valence-electron chi connectivity index (χ0n) is 14.4. The minimum absolute atomic E-state index is 0.0210. The molecule has 0 aliphatic heterocycles. The molecular formula is C17H21NO6S. The van der Waals surface area contributed by atoms with Crippen LogP contribution in [0.4, 0.5) is 5.69 Å². The van der Waals surface area contributed by atoms with Crippen LogP contribution >= 0.6 is 0 Å². The largest absolute Gasteiger partial charge is 0.504 e. The van der Waals surface area contributed by atoms with Gasteiger partial charge in [-0.3, -0.25) is 4.72 Å². The van der Waals surface area contributed by atoms with Gasteiger partial charge in [0.25, 0.3) is 10.0 Å². The lowest BCUT2D eigenvalue weighted by molar-refractivity contribution is -0.105. The second-order valence-electron chi connectivity index (χ2n) is 5.30. The summed E-state index contributed by atoms with van der Waals surface area (Å²) >= 11 is 0. The van der Waals surface area contributed by atoms with Crippen molar-refractivity contribution in [3.8, 4) is 11.5 Å². The number of sulfonamides is 1. The van der Waals surface area contributed by atoms with E-state index in [1.54, 1.807) is 12.1 Å². The summed E-state index contributed by atoms with van der Waals surface area (Å²) in [6.07, 6.45) is -0.842. The van der Waals surface area contributed by atoms with E-state index in [4.69, 9.17) is 14.2 Å². The Morgan fingerprint density at radius 2 is 1.60 bits per heavy atom. The monoisotopic (exact) mass is 367 g/mol. The number of ether oxygens (including phenoxy) is 3. The van der Waals surface area contributed by atoms with Crippen LogP contribution in [0, 0.1) is 6.92 Å². The van der Waals surface area contributed by atoms with Gasteiger partial charge in [-0.25, -0.2) is 8.42 Å². The predicted molar refractivity (Wildman–Crippen MR) is 93.4 cm³/mol. The predicted octanol–water partition coefficient (Wildman–Crippen LogP) is 2.80. The Balaban J connectivity index is 2.56. The van der Waals surface area contributed by atoms with E-state index in [-0.39, 0.29) is 22.1 Å². The van der Waals surface area contributed by atoms with Crippen molar-refractivity contribution in [2.24, 2.45) is 0 Å². The number of phenolic OH excluding ortho intramolecular Hbond substituents is 1. The van der Waals surface area contributed by atoms with Crippen LogP contribution in [0.1, 0.15) is 17.4 Å². The van der Waals surface area contributed by atoms with Crippen LogP contribution < -0.4 is 9.46 Å². The van der Waals surface area contributed by atoms with E-state index in [0.717, 1.165) is 5.56 Å². The quantitative estimate of drug-likeness (QED) is 0.731. The molecule has 0 aliphatic carbocycles. The van der Waals surface area contributed by atoms with E-state index in [9.17, 15) is 13.5 Å². The first-order valence-corrected chi connectivity index (χ1v) is 8.87. The molecule has 2 rings (SSSR count). The van der Waals surface area contributed by atoms with Gasteiger partial charge in [0.15, 0.2) is 17.8 Å². The van der Waals surface area contributed by atoms with Crippen LogP contribution in [0.25, 0.3) is 0 Å². The van der Waals surface area contributed by atoms with Crippen LogP contribution in [0.15, 0.2) is 41.3 Å². The summed E-state index contributed by atoms with van der Waals surface area (Å²) in [7, 11) is 0.271. The Kier molecular flexibility index (Phi) is 5.89. The first kappa shape index (κ1) is 19.0. The molecule has 0 amide bonds. The number of hydrogen-bond donors (Lipinski definition) is 2. The molecule has 2 N–H and O–H groups in total. The Morgan fingerprint density at radius 3 is 2.12 bits per heavy atom. The summed E-state index contributed by atoms with van der Waals surface area (Å²) in [5.41, 5.74) is 1.36. The number of hydrogen-bond acceptors (Lipinski definition) is 6. The van der Waals surface area contributed by atoms with Crippen molar-refractivity contribution in [2.45, 2.75) is 18.1 Å². The van der Waals surface area contributed by atoms with E-state index in [1.165, 1.54) is 45.6 Å². The maximum Gasteiger partial charge on any atom is 0.262 e. The zero-order chi connectivity index (χ0) is 18.6. The number of aromatic hydroxyl groups is 1. The first-order chi connectivity index (χ1) is 11.8. The lowest BCUT2D eigenvalue weighted by Crippen LogP contribution is -2.17. The highest BCUT2D eigenvalue weighted by atomic mass is 32.2. The number of rotatable bonds is 7. The number of methoxy groups -OCH3 is 3.